The fourth-order valence-corrected chi connectivity index (χ4v) is 1.81. The van der Waals surface area contributed by atoms with Gasteiger partial charge in [0.2, 0.25) is 5.91 Å². The smallest absolute Gasteiger partial charge is 0.249 e. The highest BCUT2D eigenvalue weighted by atomic mass is 16.5. The molecule has 0 unspecified atom stereocenters. The van der Waals surface area contributed by atoms with E-state index in [0.717, 1.165) is 17.7 Å². The number of benzene rings is 1. The largest absolute Gasteiger partial charge is 0.496 e. The summed E-state index contributed by atoms with van der Waals surface area (Å²) in [7, 11) is 1.62. The molecule has 1 aliphatic carbocycles. The highest BCUT2D eigenvalue weighted by Crippen LogP contribution is 2.36. The zero-order valence-electron chi connectivity index (χ0n) is 8.82. The van der Waals surface area contributed by atoms with Gasteiger partial charge in [0.25, 0.3) is 0 Å². The predicted molar refractivity (Wildman–Crippen MR) is 57.9 cm³/mol. The van der Waals surface area contributed by atoms with Crippen LogP contribution in [0, 0.1) is 5.92 Å². The summed E-state index contributed by atoms with van der Waals surface area (Å²) >= 11 is 0. The third kappa shape index (κ3) is 2.12. The molecule has 3 nitrogen and oxygen atoms in total. The molecule has 1 fully saturated rings. The van der Waals surface area contributed by atoms with E-state index in [-0.39, 0.29) is 5.91 Å². The summed E-state index contributed by atoms with van der Waals surface area (Å²) in [5, 5.41) is 0. The molecule has 0 heterocycles. The lowest BCUT2D eigenvalue weighted by atomic mass is 10.0. The number of amides is 1. The average molecular weight is 205 g/mol. The quantitative estimate of drug-likeness (QED) is 0.814. The van der Waals surface area contributed by atoms with Crippen LogP contribution in [0.2, 0.25) is 0 Å². The first kappa shape index (κ1) is 10.0. The molecule has 0 spiro atoms. The normalized spacial score (nSPS) is 15.0. The number of rotatable bonds is 4. The van der Waals surface area contributed by atoms with Crippen molar-refractivity contribution in [3.8, 4) is 5.75 Å². The van der Waals surface area contributed by atoms with Gasteiger partial charge in [0.1, 0.15) is 5.75 Å². The van der Waals surface area contributed by atoms with Gasteiger partial charge in [0, 0.05) is 11.1 Å². The summed E-state index contributed by atoms with van der Waals surface area (Å²) in [6.45, 7) is 0. The van der Waals surface area contributed by atoms with Crippen LogP contribution in [0.1, 0.15) is 28.8 Å². The highest BCUT2D eigenvalue weighted by molar-refractivity contribution is 5.95. The third-order valence-electron chi connectivity index (χ3n) is 2.81. The van der Waals surface area contributed by atoms with Gasteiger partial charge in [0.15, 0.2) is 0 Å². The molecule has 1 amide bonds. The fraction of sp³-hybridized carbons (Fsp3) is 0.417. The summed E-state index contributed by atoms with van der Waals surface area (Å²) in [5.74, 6) is 1.11. The van der Waals surface area contributed by atoms with Gasteiger partial charge in [-0.05, 0) is 37.3 Å². The van der Waals surface area contributed by atoms with E-state index in [1.807, 2.05) is 6.07 Å². The van der Waals surface area contributed by atoms with E-state index in [4.69, 9.17) is 10.5 Å². The number of carbonyl (C=O) groups is 1. The maximum Gasteiger partial charge on any atom is 0.249 e. The molecule has 2 N–H and O–H groups in total. The van der Waals surface area contributed by atoms with Gasteiger partial charge in [0.05, 0.1) is 7.11 Å². The predicted octanol–water partition coefficient (Wildman–Crippen LogP) is 1.75. The van der Waals surface area contributed by atoms with Crippen molar-refractivity contribution >= 4 is 5.91 Å². The number of hydrogen-bond acceptors (Lipinski definition) is 2. The first-order valence-corrected chi connectivity index (χ1v) is 5.18. The number of methoxy groups -OCH3 is 1. The molecule has 0 radical (unpaired) electrons. The zero-order chi connectivity index (χ0) is 10.8. The second kappa shape index (κ2) is 3.93. The molecule has 80 valence electrons. The maximum atomic E-state index is 11.3. The first-order chi connectivity index (χ1) is 7.22. The minimum absolute atomic E-state index is 0.371. The van der Waals surface area contributed by atoms with Gasteiger partial charge in [-0.2, -0.15) is 0 Å². The van der Waals surface area contributed by atoms with Crippen LogP contribution in [-0.4, -0.2) is 13.0 Å². The Balaban J connectivity index is 2.38. The molecule has 15 heavy (non-hydrogen) atoms. The molecule has 1 aliphatic rings. The Kier molecular flexibility index (Phi) is 2.62. The van der Waals surface area contributed by atoms with Gasteiger partial charge < -0.3 is 10.5 Å². The lowest BCUT2D eigenvalue weighted by molar-refractivity contribution is 0.0999. The van der Waals surface area contributed by atoms with E-state index >= 15 is 0 Å². The van der Waals surface area contributed by atoms with E-state index in [1.54, 1.807) is 19.2 Å². The van der Waals surface area contributed by atoms with Crippen molar-refractivity contribution in [3.05, 3.63) is 29.3 Å². The van der Waals surface area contributed by atoms with Crippen molar-refractivity contribution in [2.75, 3.05) is 7.11 Å². The Bertz CT molecular complexity index is 383. The molecule has 3 heteroatoms. The van der Waals surface area contributed by atoms with Crippen molar-refractivity contribution in [1.82, 2.24) is 0 Å². The fourth-order valence-electron chi connectivity index (χ4n) is 1.81. The van der Waals surface area contributed by atoms with E-state index in [2.05, 4.69) is 0 Å². The topological polar surface area (TPSA) is 52.3 Å². The molecule has 0 bridgehead atoms. The van der Waals surface area contributed by atoms with Crippen LogP contribution in [0.3, 0.4) is 0 Å². The number of nitrogens with two attached hydrogens (primary N) is 1. The third-order valence-corrected chi connectivity index (χ3v) is 2.81. The van der Waals surface area contributed by atoms with E-state index < -0.39 is 0 Å². The van der Waals surface area contributed by atoms with Crippen LogP contribution < -0.4 is 10.5 Å². The van der Waals surface area contributed by atoms with Crippen LogP contribution in [0.15, 0.2) is 18.2 Å². The Morgan fingerprint density at radius 1 is 1.53 bits per heavy atom. The Labute approximate surface area is 89.2 Å². The average Bonchev–Trinajstić information content (AvgIpc) is 3.01. The maximum absolute atomic E-state index is 11.3. The minimum Gasteiger partial charge on any atom is -0.496 e. The summed E-state index contributed by atoms with van der Waals surface area (Å²) in [4.78, 5) is 11.3. The minimum atomic E-state index is -0.371. The molecule has 0 atom stereocenters. The van der Waals surface area contributed by atoms with Gasteiger partial charge in [-0.25, -0.2) is 0 Å². The molecule has 0 aliphatic heterocycles. The molecule has 1 aromatic carbocycles. The van der Waals surface area contributed by atoms with E-state index in [9.17, 15) is 4.79 Å². The van der Waals surface area contributed by atoms with E-state index in [0.29, 0.717) is 11.5 Å². The lowest BCUT2D eigenvalue weighted by Gasteiger charge is -2.11. The highest BCUT2D eigenvalue weighted by Gasteiger charge is 2.25. The van der Waals surface area contributed by atoms with Crippen LogP contribution in [0.25, 0.3) is 0 Å². The lowest BCUT2D eigenvalue weighted by Crippen LogP contribution is -2.14. The van der Waals surface area contributed by atoms with Crippen molar-refractivity contribution in [3.63, 3.8) is 0 Å². The molecule has 0 saturated heterocycles. The molecule has 1 aromatic rings. The summed E-state index contributed by atoms with van der Waals surface area (Å²) < 4.78 is 5.26. The van der Waals surface area contributed by atoms with Gasteiger partial charge in [-0.1, -0.05) is 6.07 Å². The summed E-state index contributed by atoms with van der Waals surface area (Å²) in [6.07, 6.45) is 3.40. The zero-order valence-corrected chi connectivity index (χ0v) is 8.82. The monoisotopic (exact) mass is 205 g/mol. The molecular formula is C12H15NO2. The Morgan fingerprint density at radius 3 is 2.80 bits per heavy atom. The van der Waals surface area contributed by atoms with Crippen molar-refractivity contribution in [1.29, 1.82) is 0 Å². The number of primary amides is 1. The molecule has 2 rings (SSSR count). The van der Waals surface area contributed by atoms with Crippen molar-refractivity contribution in [2.45, 2.75) is 19.3 Å². The Hall–Kier alpha value is -1.51. The van der Waals surface area contributed by atoms with Crippen LogP contribution in [0.5, 0.6) is 5.75 Å². The first-order valence-electron chi connectivity index (χ1n) is 5.18. The second-order valence-corrected chi connectivity index (χ2v) is 4.00. The molecule has 0 aromatic heterocycles. The van der Waals surface area contributed by atoms with Crippen LogP contribution in [0.4, 0.5) is 0 Å². The summed E-state index contributed by atoms with van der Waals surface area (Å²) in [6, 6.07) is 5.45. The SMILES string of the molecule is COc1cccc(C(N)=O)c1CC1CC1. The van der Waals surface area contributed by atoms with Crippen molar-refractivity contribution in [2.24, 2.45) is 11.7 Å². The van der Waals surface area contributed by atoms with Crippen LogP contribution >= 0.6 is 0 Å². The van der Waals surface area contributed by atoms with Crippen LogP contribution in [-0.2, 0) is 6.42 Å². The molecule has 1 saturated carbocycles. The van der Waals surface area contributed by atoms with E-state index in [1.165, 1.54) is 12.8 Å². The van der Waals surface area contributed by atoms with Crippen molar-refractivity contribution < 1.29 is 9.53 Å². The molecular weight excluding hydrogens is 190 g/mol. The van der Waals surface area contributed by atoms with Gasteiger partial charge >= 0.3 is 0 Å². The van der Waals surface area contributed by atoms with Gasteiger partial charge in [-0.3, -0.25) is 4.79 Å². The summed E-state index contributed by atoms with van der Waals surface area (Å²) in [5.41, 5.74) is 6.91. The number of hydrogen-bond donors (Lipinski definition) is 1. The van der Waals surface area contributed by atoms with Gasteiger partial charge in [-0.15, -0.1) is 0 Å². The Morgan fingerprint density at radius 2 is 2.27 bits per heavy atom. The standard InChI is InChI=1S/C12H15NO2/c1-15-11-4-2-3-9(12(13)14)10(11)7-8-5-6-8/h2-4,8H,5-7H2,1H3,(H2,13,14). The number of carbonyl (C=O) groups excluding carboxylic acids is 1. The number of ether oxygens (including phenoxy) is 1. The second-order valence-electron chi connectivity index (χ2n) is 4.00.